The van der Waals surface area contributed by atoms with E-state index in [1.807, 2.05) is 70.5 Å². The van der Waals surface area contributed by atoms with Crippen LogP contribution < -0.4 is 9.35 Å². The standard InChI is InChI=1S/C10H10N2.BH3O2/c1-3-7-11(8-4-1)12-9-5-2-6-10-12;2-1-3/h1-10H;1-3H/q+2;. The van der Waals surface area contributed by atoms with Crippen molar-refractivity contribution >= 4 is 7.69 Å². The van der Waals surface area contributed by atoms with Crippen molar-refractivity contribution in [3.8, 4) is 0 Å². The average molecular weight is 204 g/mol. The van der Waals surface area contributed by atoms with Gasteiger partial charge >= 0.3 is 7.69 Å². The first kappa shape index (κ1) is 11.4. The molecule has 0 spiro atoms. The van der Waals surface area contributed by atoms with Crippen molar-refractivity contribution < 1.29 is 19.4 Å². The van der Waals surface area contributed by atoms with Gasteiger partial charge in [0, 0.05) is 24.3 Å². The number of hydrogen-bond acceptors (Lipinski definition) is 2. The molecule has 0 fully saturated rings. The lowest BCUT2D eigenvalue weighted by Gasteiger charge is -1.84. The second kappa shape index (κ2) is 6.70. The van der Waals surface area contributed by atoms with Gasteiger partial charge in [-0.3, -0.25) is 0 Å². The number of rotatable bonds is 1. The van der Waals surface area contributed by atoms with E-state index in [1.165, 1.54) is 0 Å². The van der Waals surface area contributed by atoms with Gasteiger partial charge in [-0.05, 0) is 12.1 Å². The van der Waals surface area contributed by atoms with Gasteiger partial charge in [0.2, 0.25) is 24.8 Å². The van der Waals surface area contributed by atoms with Gasteiger partial charge in [0.05, 0.1) is 9.35 Å². The van der Waals surface area contributed by atoms with Crippen LogP contribution in [0, 0.1) is 0 Å². The highest BCUT2D eigenvalue weighted by Gasteiger charge is 2.06. The number of pyridine rings is 2. The first-order chi connectivity index (χ1) is 7.38. The Balaban J connectivity index is 0.000000337. The number of nitrogens with zero attached hydrogens (tertiary/aromatic N) is 2. The predicted octanol–water partition coefficient (Wildman–Crippen LogP) is -1.19. The zero-order chi connectivity index (χ0) is 10.9. The summed E-state index contributed by atoms with van der Waals surface area (Å²) in [5.74, 6) is 0. The fourth-order valence-corrected chi connectivity index (χ4v) is 1.09. The van der Waals surface area contributed by atoms with Crippen molar-refractivity contribution in [2.75, 3.05) is 0 Å². The molecule has 0 atom stereocenters. The molecule has 2 aromatic heterocycles. The Hall–Kier alpha value is -1.72. The van der Waals surface area contributed by atoms with Crippen LogP contribution in [-0.4, -0.2) is 17.7 Å². The Morgan fingerprint density at radius 2 is 0.867 bits per heavy atom. The summed E-state index contributed by atoms with van der Waals surface area (Å²) in [6, 6.07) is 12.0. The topological polar surface area (TPSA) is 48.2 Å². The highest BCUT2D eigenvalue weighted by molar-refractivity contribution is 6.13. The molecule has 15 heavy (non-hydrogen) atoms. The lowest BCUT2D eigenvalue weighted by molar-refractivity contribution is -1.30. The molecule has 76 valence electrons. The Morgan fingerprint density at radius 1 is 0.600 bits per heavy atom. The van der Waals surface area contributed by atoms with Crippen molar-refractivity contribution in [1.82, 2.24) is 0 Å². The highest BCUT2D eigenvalue weighted by Crippen LogP contribution is 1.76. The van der Waals surface area contributed by atoms with Crippen molar-refractivity contribution in [3.63, 3.8) is 0 Å². The molecule has 0 aliphatic heterocycles. The quantitative estimate of drug-likeness (QED) is 0.453. The molecular weight excluding hydrogens is 191 g/mol. The summed E-state index contributed by atoms with van der Waals surface area (Å²) in [5.41, 5.74) is 0. The summed E-state index contributed by atoms with van der Waals surface area (Å²) >= 11 is 0. The van der Waals surface area contributed by atoms with Gasteiger partial charge in [-0.2, -0.15) is 0 Å². The molecule has 2 rings (SSSR count). The summed E-state index contributed by atoms with van der Waals surface area (Å²) < 4.78 is 4.00. The SMILES string of the molecule is OBO.c1cc[n+](-[n+]2ccccc2)cc1. The summed E-state index contributed by atoms with van der Waals surface area (Å²) in [4.78, 5) is 0. The van der Waals surface area contributed by atoms with Crippen LogP contribution in [0.3, 0.4) is 0 Å². The van der Waals surface area contributed by atoms with Crippen molar-refractivity contribution in [1.29, 1.82) is 0 Å². The normalized spacial score (nSPS) is 8.67. The molecule has 5 heteroatoms. The van der Waals surface area contributed by atoms with Gasteiger partial charge < -0.3 is 10.0 Å². The number of aromatic nitrogens is 2. The summed E-state index contributed by atoms with van der Waals surface area (Å²) in [6.07, 6.45) is 8.00. The minimum atomic E-state index is -0.750. The molecule has 0 radical (unpaired) electrons. The highest BCUT2D eigenvalue weighted by atomic mass is 16.4. The van der Waals surface area contributed by atoms with Gasteiger partial charge in [-0.15, -0.1) is 0 Å². The summed E-state index contributed by atoms with van der Waals surface area (Å²) in [6.45, 7) is 0. The van der Waals surface area contributed by atoms with Crippen LogP contribution in [0.15, 0.2) is 61.2 Å². The van der Waals surface area contributed by atoms with Crippen LogP contribution in [-0.2, 0) is 0 Å². The molecule has 0 aliphatic rings. The summed E-state index contributed by atoms with van der Waals surface area (Å²) in [5, 5.41) is 14.2. The van der Waals surface area contributed by atoms with Gasteiger partial charge in [0.1, 0.15) is 0 Å². The molecular formula is C10H13BN2O2+2. The van der Waals surface area contributed by atoms with Crippen molar-refractivity contribution in [2.45, 2.75) is 0 Å². The molecule has 0 unspecified atom stereocenters. The van der Waals surface area contributed by atoms with Crippen molar-refractivity contribution in [3.05, 3.63) is 61.2 Å². The van der Waals surface area contributed by atoms with E-state index in [-0.39, 0.29) is 0 Å². The van der Waals surface area contributed by atoms with E-state index in [0.29, 0.717) is 0 Å². The Labute approximate surface area is 89.0 Å². The minimum Gasteiger partial charge on any atom is -0.430 e. The molecule has 0 saturated heterocycles. The Kier molecular flexibility index (Phi) is 5.07. The molecule has 2 heterocycles. The van der Waals surface area contributed by atoms with E-state index < -0.39 is 7.69 Å². The molecule has 0 aliphatic carbocycles. The third-order valence-corrected chi connectivity index (χ3v) is 1.67. The maximum atomic E-state index is 7.12. The van der Waals surface area contributed by atoms with E-state index in [4.69, 9.17) is 10.0 Å². The average Bonchev–Trinajstić information content (AvgIpc) is 2.32. The van der Waals surface area contributed by atoms with Crippen LogP contribution in [0.4, 0.5) is 0 Å². The van der Waals surface area contributed by atoms with Gasteiger partial charge in [-0.1, -0.05) is 0 Å². The lowest BCUT2D eigenvalue weighted by Crippen LogP contribution is -2.65. The van der Waals surface area contributed by atoms with Crippen LogP contribution in [0.25, 0.3) is 0 Å². The zero-order valence-corrected chi connectivity index (χ0v) is 8.27. The lowest BCUT2D eigenvalue weighted by atomic mass is 10.5. The first-order valence-electron chi connectivity index (χ1n) is 4.53. The maximum absolute atomic E-state index is 7.12. The van der Waals surface area contributed by atoms with Gasteiger partial charge in [0.25, 0.3) is 0 Å². The zero-order valence-electron chi connectivity index (χ0n) is 8.27. The molecule has 0 saturated carbocycles. The van der Waals surface area contributed by atoms with Gasteiger partial charge in [0.15, 0.2) is 0 Å². The monoisotopic (exact) mass is 204 g/mol. The molecule has 4 nitrogen and oxygen atoms in total. The van der Waals surface area contributed by atoms with Crippen LogP contribution in [0.1, 0.15) is 0 Å². The van der Waals surface area contributed by atoms with Gasteiger partial charge in [-0.25, -0.2) is 0 Å². The predicted molar refractivity (Wildman–Crippen MR) is 55.7 cm³/mol. The van der Waals surface area contributed by atoms with E-state index in [9.17, 15) is 0 Å². The Morgan fingerprint density at radius 3 is 1.13 bits per heavy atom. The molecule has 2 aromatic rings. The second-order valence-electron chi connectivity index (χ2n) is 2.65. The third-order valence-electron chi connectivity index (χ3n) is 1.67. The van der Waals surface area contributed by atoms with Crippen LogP contribution >= 0.6 is 0 Å². The van der Waals surface area contributed by atoms with E-state index >= 15 is 0 Å². The van der Waals surface area contributed by atoms with E-state index in [2.05, 4.69) is 0 Å². The van der Waals surface area contributed by atoms with E-state index in [1.54, 1.807) is 0 Å². The fourth-order valence-electron chi connectivity index (χ4n) is 1.09. The third kappa shape index (κ3) is 3.89. The first-order valence-corrected chi connectivity index (χ1v) is 4.53. The smallest absolute Gasteiger partial charge is 0.430 e. The largest absolute Gasteiger partial charge is 0.432 e. The second-order valence-corrected chi connectivity index (χ2v) is 2.65. The van der Waals surface area contributed by atoms with E-state index in [0.717, 1.165) is 0 Å². The summed E-state index contributed by atoms with van der Waals surface area (Å²) in [7, 11) is -0.750. The molecule has 0 bridgehead atoms. The van der Waals surface area contributed by atoms with Crippen LogP contribution in [0.2, 0.25) is 0 Å². The van der Waals surface area contributed by atoms with Crippen molar-refractivity contribution in [2.24, 2.45) is 0 Å². The molecule has 0 amide bonds. The minimum absolute atomic E-state index is 0.750. The fraction of sp³-hybridized carbons (Fsp3) is 0. The molecule has 0 aromatic carbocycles. The Bertz CT molecular complexity index is 332. The maximum Gasteiger partial charge on any atom is 0.432 e. The molecule has 2 N–H and O–H groups in total. The van der Waals surface area contributed by atoms with Crippen LogP contribution in [0.5, 0.6) is 0 Å². The number of hydrogen-bond donors (Lipinski definition) is 2.